The standard InChI is InChI=1S/C5H4NO3S/c1-9-5(8)3-2-4(7)10-6-3/h2H,1H3. The molecule has 0 saturated carbocycles. The molecule has 1 rings (SSSR count). The van der Waals surface area contributed by atoms with Gasteiger partial charge in [0, 0.05) is 17.6 Å². The van der Waals surface area contributed by atoms with E-state index in [-0.39, 0.29) is 10.8 Å². The summed E-state index contributed by atoms with van der Waals surface area (Å²) >= 11 is 0.742. The van der Waals surface area contributed by atoms with Crippen molar-refractivity contribution in [3.05, 3.63) is 11.8 Å². The van der Waals surface area contributed by atoms with Gasteiger partial charge in [-0.1, -0.05) is 0 Å². The molecule has 1 heterocycles. The van der Waals surface area contributed by atoms with Gasteiger partial charge in [-0.2, -0.15) is 4.37 Å². The third-order valence-electron chi connectivity index (χ3n) is 0.883. The van der Waals surface area contributed by atoms with Crippen molar-refractivity contribution in [1.29, 1.82) is 0 Å². The Hall–Kier alpha value is -1.10. The summed E-state index contributed by atoms with van der Waals surface area (Å²) in [5, 5.41) is 10.2. The molecule has 1 radical (unpaired) electrons. The Kier molecular flexibility index (Phi) is 1.86. The maximum atomic E-state index is 10.6. The molecule has 0 aliphatic rings. The van der Waals surface area contributed by atoms with Crippen LogP contribution in [0.25, 0.3) is 0 Å². The lowest BCUT2D eigenvalue weighted by Crippen LogP contribution is -1.99. The zero-order chi connectivity index (χ0) is 7.56. The van der Waals surface area contributed by atoms with Crippen molar-refractivity contribution >= 4 is 17.5 Å². The Balaban J connectivity index is 2.85. The topological polar surface area (TPSA) is 59.1 Å². The number of carbonyl (C=O) groups is 1. The summed E-state index contributed by atoms with van der Waals surface area (Å²) < 4.78 is 7.86. The minimum Gasteiger partial charge on any atom is -0.464 e. The molecule has 0 bridgehead atoms. The van der Waals surface area contributed by atoms with Gasteiger partial charge in [0.05, 0.1) is 7.11 Å². The van der Waals surface area contributed by atoms with E-state index in [0.29, 0.717) is 0 Å². The highest BCUT2D eigenvalue weighted by atomic mass is 32.1. The maximum absolute atomic E-state index is 10.6. The van der Waals surface area contributed by atoms with Crippen LogP contribution in [0.5, 0.6) is 5.06 Å². The third-order valence-corrected chi connectivity index (χ3v) is 1.47. The quantitative estimate of drug-likeness (QED) is 0.574. The van der Waals surface area contributed by atoms with Gasteiger partial charge in [-0.3, -0.25) is 5.11 Å². The van der Waals surface area contributed by atoms with Crippen LogP contribution in [-0.4, -0.2) is 17.5 Å². The summed E-state index contributed by atoms with van der Waals surface area (Å²) in [6.07, 6.45) is 0. The molecule has 0 saturated heterocycles. The average molecular weight is 158 g/mol. The van der Waals surface area contributed by atoms with E-state index in [1.807, 2.05) is 0 Å². The van der Waals surface area contributed by atoms with Gasteiger partial charge >= 0.3 is 5.97 Å². The molecule has 0 aliphatic carbocycles. The third kappa shape index (κ3) is 1.24. The SMILES string of the molecule is COC(=O)c1cc([O])sn1. The lowest BCUT2D eigenvalue weighted by Gasteiger charge is -1.88. The van der Waals surface area contributed by atoms with E-state index in [9.17, 15) is 9.90 Å². The molecule has 0 N–H and O–H groups in total. The Bertz CT molecular complexity index is 245. The number of hydrogen-bond donors (Lipinski definition) is 0. The van der Waals surface area contributed by atoms with E-state index in [1.54, 1.807) is 0 Å². The lowest BCUT2D eigenvalue weighted by atomic mass is 10.4. The molecule has 0 amide bonds. The van der Waals surface area contributed by atoms with Crippen LogP contribution in [0, 0.1) is 0 Å². The second-order valence-corrected chi connectivity index (χ2v) is 2.29. The fraction of sp³-hybridized carbons (Fsp3) is 0.200. The molecule has 0 unspecified atom stereocenters. The van der Waals surface area contributed by atoms with Crippen molar-refractivity contribution in [2.45, 2.75) is 0 Å². The first-order valence-electron chi connectivity index (χ1n) is 2.46. The number of nitrogens with zero attached hydrogens (tertiary/aromatic N) is 1. The number of aromatic nitrogens is 1. The highest BCUT2D eigenvalue weighted by Crippen LogP contribution is 2.17. The fourth-order valence-electron chi connectivity index (χ4n) is 0.459. The summed E-state index contributed by atoms with van der Waals surface area (Å²) in [7, 11) is 1.24. The van der Waals surface area contributed by atoms with Gasteiger partial charge in [-0.25, -0.2) is 4.79 Å². The van der Waals surface area contributed by atoms with Crippen LogP contribution in [0.15, 0.2) is 6.07 Å². The average Bonchev–Trinajstić information content (AvgIpc) is 2.34. The number of carbonyl (C=O) groups excluding carboxylic acids is 1. The van der Waals surface area contributed by atoms with Crippen molar-refractivity contribution < 1.29 is 14.6 Å². The second kappa shape index (κ2) is 2.66. The van der Waals surface area contributed by atoms with E-state index in [1.165, 1.54) is 7.11 Å². The van der Waals surface area contributed by atoms with Gasteiger partial charge < -0.3 is 4.74 Å². The van der Waals surface area contributed by atoms with Gasteiger partial charge in [-0.15, -0.1) is 0 Å². The number of rotatable bonds is 1. The zero-order valence-corrected chi connectivity index (χ0v) is 5.97. The molecule has 1 aromatic heterocycles. The van der Waals surface area contributed by atoms with E-state index in [2.05, 4.69) is 9.11 Å². The van der Waals surface area contributed by atoms with Crippen LogP contribution >= 0.6 is 11.5 Å². The van der Waals surface area contributed by atoms with E-state index in [0.717, 1.165) is 17.6 Å². The molecule has 5 heteroatoms. The molecule has 4 nitrogen and oxygen atoms in total. The molecule has 53 valence electrons. The number of esters is 1. The molecule has 0 aliphatic heterocycles. The van der Waals surface area contributed by atoms with Crippen molar-refractivity contribution in [3.8, 4) is 5.06 Å². The minimum absolute atomic E-state index is 0.0810. The summed E-state index contributed by atoms with van der Waals surface area (Å²) in [5.41, 5.74) is 0.0810. The highest BCUT2D eigenvalue weighted by molar-refractivity contribution is 7.07. The summed E-state index contributed by atoms with van der Waals surface area (Å²) in [6, 6.07) is 1.15. The van der Waals surface area contributed by atoms with E-state index < -0.39 is 5.97 Å². The molecule has 0 fully saturated rings. The first kappa shape index (κ1) is 7.01. The highest BCUT2D eigenvalue weighted by Gasteiger charge is 2.10. The van der Waals surface area contributed by atoms with Crippen molar-refractivity contribution in [2.75, 3.05) is 7.11 Å². The first-order valence-corrected chi connectivity index (χ1v) is 3.23. The Morgan fingerprint density at radius 3 is 2.90 bits per heavy atom. The van der Waals surface area contributed by atoms with Gasteiger partial charge in [0.2, 0.25) is 0 Å². The monoisotopic (exact) mass is 158 g/mol. The molecular formula is C5H4NO3S. The van der Waals surface area contributed by atoms with Crippen molar-refractivity contribution in [1.82, 2.24) is 4.37 Å². The molecule has 0 spiro atoms. The molecule has 0 aromatic carbocycles. The molecule has 1 aromatic rings. The largest absolute Gasteiger partial charge is 0.464 e. The predicted molar refractivity (Wildman–Crippen MR) is 33.6 cm³/mol. The van der Waals surface area contributed by atoms with Crippen LogP contribution in [0.3, 0.4) is 0 Å². The Morgan fingerprint density at radius 1 is 1.80 bits per heavy atom. The van der Waals surface area contributed by atoms with Crippen LogP contribution in [0.1, 0.15) is 10.5 Å². The van der Waals surface area contributed by atoms with Gasteiger partial charge in [-0.05, 0) is 0 Å². The van der Waals surface area contributed by atoms with E-state index in [4.69, 9.17) is 0 Å². The zero-order valence-electron chi connectivity index (χ0n) is 5.16. The number of methoxy groups -OCH3 is 1. The van der Waals surface area contributed by atoms with E-state index >= 15 is 0 Å². The molecule has 10 heavy (non-hydrogen) atoms. The van der Waals surface area contributed by atoms with Crippen LogP contribution < -0.4 is 0 Å². The number of ether oxygens (including phenoxy) is 1. The van der Waals surface area contributed by atoms with Gasteiger partial charge in [0.25, 0.3) is 5.06 Å². The minimum atomic E-state index is -0.571. The van der Waals surface area contributed by atoms with Crippen molar-refractivity contribution in [3.63, 3.8) is 0 Å². The lowest BCUT2D eigenvalue weighted by molar-refractivity contribution is 0.0595. The van der Waals surface area contributed by atoms with Gasteiger partial charge in [0.15, 0.2) is 5.69 Å². The first-order chi connectivity index (χ1) is 4.74. The van der Waals surface area contributed by atoms with Crippen LogP contribution in [-0.2, 0) is 9.84 Å². The molecular weight excluding hydrogens is 154 g/mol. The second-order valence-electron chi connectivity index (χ2n) is 1.52. The summed E-state index contributed by atoms with van der Waals surface area (Å²) in [6.45, 7) is 0. The Morgan fingerprint density at radius 2 is 2.50 bits per heavy atom. The normalized spacial score (nSPS) is 9.30. The fourth-order valence-corrected chi connectivity index (χ4v) is 0.939. The smallest absolute Gasteiger partial charge is 0.357 e. The number of hydrogen-bond acceptors (Lipinski definition) is 4. The van der Waals surface area contributed by atoms with Crippen LogP contribution in [0.4, 0.5) is 0 Å². The predicted octanol–water partition coefficient (Wildman–Crippen LogP) is 1.07. The maximum Gasteiger partial charge on any atom is 0.357 e. The van der Waals surface area contributed by atoms with Crippen LogP contribution in [0.2, 0.25) is 0 Å². The Labute approximate surface area is 61.2 Å². The van der Waals surface area contributed by atoms with Crippen molar-refractivity contribution in [2.24, 2.45) is 0 Å². The summed E-state index contributed by atoms with van der Waals surface area (Å²) in [4.78, 5) is 10.6. The molecule has 0 atom stereocenters. The summed E-state index contributed by atoms with van der Waals surface area (Å²) in [5.74, 6) is -0.571. The van der Waals surface area contributed by atoms with Gasteiger partial charge in [0.1, 0.15) is 0 Å².